The largest absolute Gasteiger partial charge is 0.310 e. The highest BCUT2D eigenvalue weighted by Crippen LogP contribution is 2.21. The Balaban J connectivity index is 2.42. The maximum atomic E-state index is 3.65. The van der Waals surface area contributed by atoms with Crippen LogP contribution in [0.5, 0.6) is 0 Å². The molecular formula is C12H23NS. The molecule has 0 aromatic heterocycles. The Labute approximate surface area is 92.7 Å². The summed E-state index contributed by atoms with van der Waals surface area (Å²) in [5, 5.41) is 3.65. The molecule has 1 N–H and O–H groups in total. The first-order valence-electron chi connectivity index (χ1n) is 5.79. The van der Waals surface area contributed by atoms with Gasteiger partial charge in [-0.05, 0) is 44.9 Å². The Morgan fingerprint density at radius 2 is 2.36 bits per heavy atom. The van der Waals surface area contributed by atoms with Crippen molar-refractivity contribution in [3.8, 4) is 0 Å². The highest BCUT2D eigenvalue weighted by Gasteiger charge is 2.14. The topological polar surface area (TPSA) is 12.0 Å². The van der Waals surface area contributed by atoms with E-state index in [1.807, 2.05) is 11.8 Å². The van der Waals surface area contributed by atoms with E-state index in [9.17, 15) is 0 Å². The van der Waals surface area contributed by atoms with Gasteiger partial charge in [-0.2, -0.15) is 11.8 Å². The Kier molecular flexibility index (Phi) is 6.37. The second kappa shape index (κ2) is 7.36. The minimum atomic E-state index is 0.644. The SMILES string of the molecule is CCCNC(CSC)C1=CCCCC1. The fourth-order valence-electron chi connectivity index (χ4n) is 1.96. The van der Waals surface area contributed by atoms with E-state index >= 15 is 0 Å². The Morgan fingerprint density at radius 1 is 1.50 bits per heavy atom. The maximum absolute atomic E-state index is 3.65. The van der Waals surface area contributed by atoms with Gasteiger partial charge in [-0.3, -0.25) is 0 Å². The van der Waals surface area contributed by atoms with Crippen molar-refractivity contribution in [2.45, 2.75) is 45.1 Å². The average molecular weight is 213 g/mol. The van der Waals surface area contributed by atoms with Gasteiger partial charge in [0, 0.05) is 11.8 Å². The van der Waals surface area contributed by atoms with E-state index in [1.165, 1.54) is 37.9 Å². The van der Waals surface area contributed by atoms with Crippen LogP contribution in [0.25, 0.3) is 0 Å². The molecule has 2 heteroatoms. The minimum Gasteiger partial charge on any atom is -0.310 e. The van der Waals surface area contributed by atoms with E-state index in [2.05, 4.69) is 24.6 Å². The molecule has 1 aliphatic carbocycles. The Hall–Kier alpha value is 0.0500. The second-order valence-electron chi connectivity index (χ2n) is 3.99. The molecule has 1 aliphatic rings. The zero-order valence-corrected chi connectivity index (χ0v) is 10.3. The third-order valence-electron chi connectivity index (χ3n) is 2.75. The molecule has 0 aromatic rings. The number of hydrogen-bond donors (Lipinski definition) is 1. The van der Waals surface area contributed by atoms with Crippen molar-refractivity contribution in [3.63, 3.8) is 0 Å². The van der Waals surface area contributed by atoms with Crippen LogP contribution in [0.2, 0.25) is 0 Å². The normalized spacial score (nSPS) is 19.1. The first kappa shape index (κ1) is 12.1. The third kappa shape index (κ3) is 4.05. The van der Waals surface area contributed by atoms with Crippen LogP contribution in [-0.4, -0.2) is 24.6 Å². The summed E-state index contributed by atoms with van der Waals surface area (Å²) in [5.74, 6) is 1.23. The van der Waals surface area contributed by atoms with Crippen LogP contribution in [0.1, 0.15) is 39.0 Å². The molecule has 0 aliphatic heterocycles. The first-order valence-corrected chi connectivity index (χ1v) is 7.19. The smallest absolute Gasteiger partial charge is 0.0370 e. The van der Waals surface area contributed by atoms with Gasteiger partial charge in [-0.1, -0.05) is 18.6 Å². The lowest BCUT2D eigenvalue weighted by Crippen LogP contribution is -2.34. The lowest BCUT2D eigenvalue weighted by molar-refractivity contribution is 0.562. The molecule has 1 unspecified atom stereocenters. The molecule has 0 radical (unpaired) electrons. The Morgan fingerprint density at radius 3 is 2.93 bits per heavy atom. The predicted molar refractivity (Wildman–Crippen MR) is 67.0 cm³/mol. The number of nitrogens with one attached hydrogen (secondary N) is 1. The summed E-state index contributed by atoms with van der Waals surface area (Å²) in [7, 11) is 0. The lowest BCUT2D eigenvalue weighted by Gasteiger charge is -2.23. The molecule has 0 spiro atoms. The molecular weight excluding hydrogens is 190 g/mol. The number of allylic oxidation sites excluding steroid dienone is 1. The summed E-state index contributed by atoms with van der Waals surface area (Å²) in [6.45, 7) is 3.39. The van der Waals surface area contributed by atoms with Gasteiger partial charge in [0.25, 0.3) is 0 Å². The monoisotopic (exact) mass is 213 g/mol. The summed E-state index contributed by atoms with van der Waals surface area (Å²) in [5.41, 5.74) is 1.67. The van der Waals surface area contributed by atoms with Gasteiger partial charge in [0.2, 0.25) is 0 Å². The van der Waals surface area contributed by atoms with Gasteiger partial charge in [0.15, 0.2) is 0 Å². The lowest BCUT2D eigenvalue weighted by atomic mass is 9.94. The Bertz CT molecular complexity index is 177. The molecule has 1 nitrogen and oxygen atoms in total. The molecule has 0 saturated carbocycles. The van der Waals surface area contributed by atoms with Crippen molar-refractivity contribution in [1.29, 1.82) is 0 Å². The molecule has 14 heavy (non-hydrogen) atoms. The highest BCUT2D eigenvalue weighted by molar-refractivity contribution is 7.98. The number of thioether (sulfide) groups is 1. The van der Waals surface area contributed by atoms with Crippen LogP contribution in [0.4, 0.5) is 0 Å². The van der Waals surface area contributed by atoms with Crippen LogP contribution >= 0.6 is 11.8 Å². The van der Waals surface area contributed by atoms with Crippen LogP contribution < -0.4 is 5.32 Å². The number of hydrogen-bond acceptors (Lipinski definition) is 2. The zero-order chi connectivity index (χ0) is 10.2. The van der Waals surface area contributed by atoms with Crippen LogP contribution in [-0.2, 0) is 0 Å². The van der Waals surface area contributed by atoms with Crippen molar-refractivity contribution < 1.29 is 0 Å². The molecule has 0 amide bonds. The quantitative estimate of drug-likeness (QED) is 0.680. The molecule has 1 rings (SSSR count). The molecule has 0 fully saturated rings. The standard InChI is InChI=1S/C12H23NS/c1-3-9-13-12(10-14-2)11-7-5-4-6-8-11/h7,12-13H,3-6,8-10H2,1-2H3. The molecule has 0 heterocycles. The van der Waals surface area contributed by atoms with E-state index in [1.54, 1.807) is 5.57 Å². The summed E-state index contributed by atoms with van der Waals surface area (Å²) < 4.78 is 0. The van der Waals surface area contributed by atoms with E-state index in [0.717, 1.165) is 6.54 Å². The second-order valence-corrected chi connectivity index (χ2v) is 4.90. The van der Waals surface area contributed by atoms with E-state index in [0.29, 0.717) is 6.04 Å². The van der Waals surface area contributed by atoms with Gasteiger partial charge >= 0.3 is 0 Å². The fourth-order valence-corrected chi connectivity index (χ4v) is 2.63. The van der Waals surface area contributed by atoms with Crippen molar-refractivity contribution in [3.05, 3.63) is 11.6 Å². The van der Waals surface area contributed by atoms with E-state index in [4.69, 9.17) is 0 Å². The highest BCUT2D eigenvalue weighted by atomic mass is 32.2. The molecule has 1 atom stereocenters. The molecule has 0 saturated heterocycles. The van der Waals surface area contributed by atoms with E-state index in [-0.39, 0.29) is 0 Å². The fraction of sp³-hybridized carbons (Fsp3) is 0.833. The number of rotatable bonds is 6. The zero-order valence-electron chi connectivity index (χ0n) is 9.51. The van der Waals surface area contributed by atoms with E-state index < -0.39 is 0 Å². The summed E-state index contributed by atoms with van der Waals surface area (Å²) in [4.78, 5) is 0. The van der Waals surface area contributed by atoms with Crippen molar-refractivity contribution in [1.82, 2.24) is 5.32 Å². The molecule has 82 valence electrons. The van der Waals surface area contributed by atoms with Crippen LogP contribution in [0.3, 0.4) is 0 Å². The first-order chi connectivity index (χ1) is 6.88. The van der Waals surface area contributed by atoms with Gasteiger partial charge in [0.1, 0.15) is 0 Å². The third-order valence-corrected chi connectivity index (χ3v) is 3.41. The average Bonchev–Trinajstić information content (AvgIpc) is 2.25. The van der Waals surface area contributed by atoms with Gasteiger partial charge in [-0.15, -0.1) is 0 Å². The van der Waals surface area contributed by atoms with Gasteiger partial charge < -0.3 is 5.32 Å². The molecule has 0 aromatic carbocycles. The maximum Gasteiger partial charge on any atom is 0.0370 e. The van der Waals surface area contributed by atoms with Crippen molar-refractivity contribution in [2.24, 2.45) is 0 Å². The van der Waals surface area contributed by atoms with Crippen LogP contribution in [0, 0.1) is 0 Å². The van der Waals surface area contributed by atoms with Crippen molar-refractivity contribution >= 4 is 11.8 Å². The molecule has 0 bridgehead atoms. The summed E-state index contributed by atoms with van der Waals surface area (Å²) >= 11 is 1.95. The summed E-state index contributed by atoms with van der Waals surface area (Å²) in [6.07, 6.45) is 11.3. The predicted octanol–water partition coefficient (Wildman–Crippen LogP) is 3.22. The van der Waals surface area contributed by atoms with Gasteiger partial charge in [0.05, 0.1) is 0 Å². The van der Waals surface area contributed by atoms with Crippen molar-refractivity contribution in [2.75, 3.05) is 18.6 Å². The minimum absolute atomic E-state index is 0.644. The summed E-state index contributed by atoms with van der Waals surface area (Å²) in [6, 6.07) is 0.644. The van der Waals surface area contributed by atoms with Gasteiger partial charge in [-0.25, -0.2) is 0 Å². The van der Waals surface area contributed by atoms with Crippen LogP contribution in [0.15, 0.2) is 11.6 Å².